The number of thioether (sulfide) groups is 1. The number of nitrogens with two attached hydrogens (primary N) is 1. The van der Waals surface area contributed by atoms with Gasteiger partial charge in [-0.3, -0.25) is 0 Å². The van der Waals surface area contributed by atoms with Crippen LogP contribution in [-0.2, 0) is 4.79 Å². The normalized spacial score (nSPS) is 27.0. The van der Waals surface area contributed by atoms with Crippen molar-refractivity contribution in [3.8, 4) is 0 Å². The molecule has 2 atom stereocenters. The number of carbonyl (C=O) groups is 1. The number of carbonyl (C=O) groups excluding carboxylic acids is 1. The van der Waals surface area contributed by atoms with E-state index in [0.29, 0.717) is 5.02 Å². The standard InChI is InChI=1S/C12H14ClNO2S/c1-12(2)9(11(15)16)14-10(17-12)7-3-5-8(13)6-4-7/h3-6,9-10,14H,1-2H3,(H,15,16)/t9-,10+/m0/s1. The average Bonchev–Trinajstić information content (AvgIpc) is 2.55. The van der Waals surface area contributed by atoms with Gasteiger partial charge in [-0.1, -0.05) is 35.5 Å². The van der Waals surface area contributed by atoms with Gasteiger partial charge in [0.2, 0.25) is 0 Å². The van der Waals surface area contributed by atoms with Gasteiger partial charge in [0.05, 0.1) is 4.75 Å². The first-order valence-corrected chi connectivity index (χ1v) is 6.65. The molecule has 2 N–H and O–H groups in total. The monoisotopic (exact) mass is 271 g/mol. The first-order chi connectivity index (χ1) is 7.90. The lowest BCUT2D eigenvalue weighted by Gasteiger charge is -2.21. The number of hydrogen-bond donors (Lipinski definition) is 1. The second-order valence-corrected chi connectivity index (χ2v) is 6.91. The second-order valence-electron chi connectivity index (χ2n) is 4.68. The number of aliphatic carboxylic acids is 1. The molecule has 0 bridgehead atoms. The van der Waals surface area contributed by atoms with E-state index < -0.39 is 12.0 Å². The van der Waals surface area contributed by atoms with Crippen molar-refractivity contribution in [3.05, 3.63) is 34.9 Å². The molecule has 1 heterocycles. The highest BCUT2D eigenvalue weighted by atomic mass is 35.5. The minimum atomic E-state index is -1.00. The zero-order valence-corrected chi connectivity index (χ0v) is 11.2. The molecule has 0 amide bonds. The Bertz CT molecular complexity index is 433. The van der Waals surface area contributed by atoms with Crippen LogP contribution in [0.1, 0.15) is 24.8 Å². The maximum absolute atomic E-state index is 11.1. The van der Waals surface area contributed by atoms with Crippen molar-refractivity contribution in [2.45, 2.75) is 30.0 Å². The summed E-state index contributed by atoms with van der Waals surface area (Å²) < 4.78 is -0.330. The van der Waals surface area contributed by atoms with Crippen molar-refractivity contribution in [2.75, 3.05) is 0 Å². The minimum absolute atomic E-state index is 0.0881. The molecule has 17 heavy (non-hydrogen) atoms. The third-order valence-electron chi connectivity index (χ3n) is 3.00. The predicted molar refractivity (Wildman–Crippen MR) is 66.6 cm³/mol. The molecule has 0 aromatic heterocycles. The van der Waals surface area contributed by atoms with Crippen LogP contribution in [0.3, 0.4) is 0 Å². The van der Waals surface area contributed by atoms with E-state index in [1.54, 1.807) is 11.8 Å². The lowest BCUT2D eigenvalue weighted by Crippen LogP contribution is -2.92. The largest absolute Gasteiger partial charge is 0.544 e. The van der Waals surface area contributed by atoms with E-state index in [-0.39, 0.29) is 10.1 Å². The highest BCUT2D eigenvalue weighted by Gasteiger charge is 2.46. The minimum Gasteiger partial charge on any atom is -0.544 e. The van der Waals surface area contributed by atoms with Crippen LogP contribution in [-0.4, -0.2) is 16.8 Å². The third-order valence-corrected chi connectivity index (χ3v) is 4.80. The maximum Gasteiger partial charge on any atom is 0.160 e. The van der Waals surface area contributed by atoms with Crippen molar-refractivity contribution in [2.24, 2.45) is 0 Å². The Balaban J connectivity index is 2.21. The number of halogens is 1. The van der Waals surface area contributed by atoms with Gasteiger partial charge in [-0.2, -0.15) is 0 Å². The molecule has 2 rings (SSSR count). The van der Waals surface area contributed by atoms with E-state index in [4.69, 9.17) is 11.6 Å². The number of hydrogen-bond acceptors (Lipinski definition) is 3. The number of carboxylic acids is 1. The molecule has 0 aliphatic carbocycles. The van der Waals surface area contributed by atoms with Crippen LogP contribution in [0.4, 0.5) is 0 Å². The van der Waals surface area contributed by atoms with Crippen molar-refractivity contribution in [1.82, 2.24) is 0 Å². The quantitative estimate of drug-likeness (QED) is 0.855. The summed E-state index contributed by atoms with van der Waals surface area (Å²) in [6.07, 6.45) is 0. The predicted octanol–water partition coefficient (Wildman–Crippen LogP) is 0.546. The molecule has 3 nitrogen and oxygen atoms in total. The van der Waals surface area contributed by atoms with Crippen molar-refractivity contribution in [3.63, 3.8) is 0 Å². The van der Waals surface area contributed by atoms with Crippen LogP contribution in [0, 0.1) is 0 Å². The van der Waals surface area contributed by atoms with E-state index in [2.05, 4.69) is 0 Å². The molecular formula is C12H14ClNO2S. The Labute approximate surface area is 110 Å². The van der Waals surface area contributed by atoms with E-state index in [1.807, 2.05) is 43.4 Å². The zero-order valence-electron chi connectivity index (χ0n) is 9.64. The molecule has 1 fully saturated rings. The molecule has 1 aromatic carbocycles. The molecule has 0 radical (unpaired) electrons. The summed E-state index contributed by atoms with van der Waals surface area (Å²) >= 11 is 7.48. The fraction of sp³-hybridized carbons (Fsp3) is 0.417. The third kappa shape index (κ3) is 2.59. The van der Waals surface area contributed by atoms with Crippen LogP contribution < -0.4 is 10.4 Å². The Morgan fingerprint density at radius 2 is 2.00 bits per heavy atom. The Kier molecular flexibility index (Phi) is 3.39. The van der Waals surface area contributed by atoms with Gasteiger partial charge in [0.1, 0.15) is 12.0 Å². The Morgan fingerprint density at radius 3 is 2.47 bits per heavy atom. The van der Waals surface area contributed by atoms with E-state index in [1.165, 1.54) is 0 Å². The highest BCUT2D eigenvalue weighted by molar-refractivity contribution is 8.00. The van der Waals surface area contributed by atoms with Gasteiger partial charge in [0, 0.05) is 10.6 Å². The fourth-order valence-electron chi connectivity index (χ4n) is 2.04. The Morgan fingerprint density at radius 1 is 1.41 bits per heavy atom. The first-order valence-electron chi connectivity index (χ1n) is 5.39. The summed E-state index contributed by atoms with van der Waals surface area (Å²) in [4.78, 5) is 11.1. The van der Waals surface area contributed by atoms with Crippen LogP contribution >= 0.6 is 23.4 Å². The molecule has 0 saturated carbocycles. The molecule has 92 valence electrons. The zero-order chi connectivity index (χ0) is 12.6. The number of rotatable bonds is 2. The van der Waals surface area contributed by atoms with E-state index >= 15 is 0 Å². The van der Waals surface area contributed by atoms with Crippen LogP contribution in [0.2, 0.25) is 5.02 Å². The van der Waals surface area contributed by atoms with Gasteiger partial charge in [-0.15, -0.1) is 0 Å². The van der Waals surface area contributed by atoms with Gasteiger partial charge in [-0.25, -0.2) is 0 Å². The average molecular weight is 272 g/mol. The van der Waals surface area contributed by atoms with Crippen LogP contribution in [0.5, 0.6) is 0 Å². The summed E-state index contributed by atoms with van der Waals surface area (Å²) in [6.45, 7) is 3.87. The van der Waals surface area contributed by atoms with Crippen molar-refractivity contribution < 1.29 is 15.2 Å². The number of benzene rings is 1. The molecule has 1 saturated heterocycles. The molecule has 0 spiro atoms. The smallest absolute Gasteiger partial charge is 0.160 e. The van der Waals surface area contributed by atoms with Gasteiger partial charge in [-0.05, 0) is 26.0 Å². The summed E-state index contributed by atoms with van der Waals surface area (Å²) in [5.41, 5.74) is 1.08. The fourth-order valence-corrected chi connectivity index (χ4v) is 3.67. The lowest BCUT2D eigenvalue weighted by molar-refractivity contribution is -0.695. The molecule has 1 aromatic rings. The molecule has 1 aliphatic heterocycles. The Hall–Kier alpha value is -0.710. The van der Waals surface area contributed by atoms with Gasteiger partial charge < -0.3 is 15.2 Å². The number of quaternary nitrogens is 1. The van der Waals surface area contributed by atoms with Gasteiger partial charge in [0.15, 0.2) is 5.37 Å². The maximum atomic E-state index is 11.1. The first kappa shape index (κ1) is 12.7. The SMILES string of the molecule is CC1(C)S[C@H](c2ccc(Cl)cc2)[NH2+][C@H]1C(=O)[O-]. The second kappa shape index (κ2) is 4.52. The summed E-state index contributed by atoms with van der Waals surface area (Å²) in [5, 5.41) is 13.7. The summed E-state index contributed by atoms with van der Waals surface area (Å²) in [7, 11) is 0. The molecule has 5 heteroatoms. The topological polar surface area (TPSA) is 56.7 Å². The van der Waals surface area contributed by atoms with E-state index in [0.717, 1.165) is 5.56 Å². The van der Waals surface area contributed by atoms with Gasteiger partial charge >= 0.3 is 0 Å². The number of carboxylic acid groups (broad SMARTS) is 1. The highest BCUT2D eigenvalue weighted by Crippen LogP contribution is 2.40. The van der Waals surface area contributed by atoms with Crippen LogP contribution in [0.15, 0.2) is 24.3 Å². The van der Waals surface area contributed by atoms with Crippen molar-refractivity contribution in [1.29, 1.82) is 0 Å². The summed E-state index contributed by atoms with van der Waals surface area (Å²) in [5.74, 6) is -1.00. The molecule has 0 unspecified atom stereocenters. The van der Waals surface area contributed by atoms with E-state index in [9.17, 15) is 9.90 Å². The van der Waals surface area contributed by atoms with Crippen molar-refractivity contribution >= 4 is 29.3 Å². The molecule has 1 aliphatic rings. The van der Waals surface area contributed by atoms with Gasteiger partial charge in [0.25, 0.3) is 0 Å². The van der Waals surface area contributed by atoms with Crippen LogP contribution in [0.25, 0.3) is 0 Å². The summed E-state index contributed by atoms with van der Waals surface area (Å²) in [6, 6.07) is 7.00. The molecular weight excluding hydrogens is 258 g/mol. The lowest BCUT2D eigenvalue weighted by atomic mass is 10.0.